The van der Waals surface area contributed by atoms with Crippen molar-refractivity contribution in [1.82, 2.24) is 5.48 Å². The van der Waals surface area contributed by atoms with E-state index in [2.05, 4.69) is 12.4 Å². The van der Waals surface area contributed by atoms with Crippen molar-refractivity contribution in [2.24, 2.45) is 0 Å². The fraction of sp³-hybridized carbons (Fsp3) is 0.273. The lowest BCUT2D eigenvalue weighted by Crippen LogP contribution is -2.36. The Bertz CT molecular complexity index is 349. The normalized spacial score (nSPS) is 19.5. The van der Waals surface area contributed by atoms with Gasteiger partial charge in [0.25, 0.3) is 5.91 Å². The molecule has 1 aliphatic heterocycles. The third-order valence-electron chi connectivity index (χ3n) is 2.37. The molecule has 0 aliphatic carbocycles. The lowest BCUT2D eigenvalue weighted by atomic mass is 9.92. The molecule has 0 aromatic heterocycles. The highest BCUT2D eigenvalue weighted by atomic mass is 16.7. The predicted octanol–water partition coefficient (Wildman–Crippen LogP) is 1.81. The van der Waals surface area contributed by atoms with Crippen LogP contribution in [0.5, 0.6) is 5.75 Å². The van der Waals surface area contributed by atoms with Crippen LogP contribution in [0.25, 0.3) is 0 Å². The van der Waals surface area contributed by atoms with E-state index in [0.29, 0.717) is 0 Å². The maximum atomic E-state index is 11.5. The molecular weight excluding hydrogens is 178 g/mol. The van der Waals surface area contributed by atoms with Gasteiger partial charge in [0.2, 0.25) is 0 Å². The molecule has 1 aromatic carbocycles. The number of benzene rings is 1. The van der Waals surface area contributed by atoms with Crippen LogP contribution in [-0.4, -0.2) is 5.91 Å². The molecule has 0 fully saturated rings. The topological polar surface area (TPSA) is 38.3 Å². The quantitative estimate of drug-likeness (QED) is 0.772. The monoisotopic (exact) mass is 190 g/mol. The van der Waals surface area contributed by atoms with E-state index in [-0.39, 0.29) is 11.8 Å². The van der Waals surface area contributed by atoms with Crippen molar-refractivity contribution < 1.29 is 9.63 Å². The van der Waals surface area contributed by atoms with Crippen molar-refractivity contribution in [3.8, 4) is 5.75 Å². The van der Waals surface area contributed by atoms with Crippen LogP contribution >= 0.6 is 0 Å². The molecule has 0 spiro atoms. The van der Waals surface area contributed by atoms with Crippen molar-refractivity contribution in [1.29, 1.82) is 0 Å². The fourth-order valence-electron chi connectivity index (χ4n) is 1.67. The summed E-state index contributed by atoms with van der Waals surface area (Å²) in [5, 5.41) is 0. The van der Waals surface area contributed by atoms with E-state index in [9.17, 15) is 4.79 Å². The number of hydrogen-bond donors (Lipinski definition) is 1. The third kappa shape index (κ3) is 1.45. The number of nitrogens with one attached hydrogen (secondary N) is 1. The molecule has 2 rings (SSSR count). The van der Waals surface area contributed by atoms with Gasteiger partial charge in [-0.05, 0) is 12.5 Å². The van der Waals surface area contributed by atoms with Crippen molar-refractivity contribution >= 4 is 5.91 Å². The average Bonchev–Trinajstić information content (AvgIpc) is 2.23. The Morgan fingerprint density at radius 2 is 2.21 bits per heavy atom. The summed E-state index contributed by atoms with van der Waals surface area (Å²) in [5.41, 5.74) is 3.36. The minimum Gasteiger partial charge on any atom is -0.379 e. The largest absolute Gasteiger partial charge is 0.379 e. The molecule has 3 heteroatoms. The van der Waals surface area contributed by atoms with Crippen molar-refractivity contribution in [2.75, 3.05) is 0 Å². The van der Waals surface area contributed by atoms with E-state index in [1.54, 1.807) is 0 Å². The van der Waals surface area contributed by atoms with Crippen LogP contribution in [0.15, 0.2) is 24.3 Å². The minimum atomic E-state index is -0.113. The highest BCUT2D eigenvalue weighted by molar-refractivity contribution is 5.85. The number of hydrogen-bond acceptors (Lipinski definition) is 2. The molecule has 1 aromatic rings. The molecule has 0 bridgehead atoms. The van der Waals surface area contributed by atoms with Crippen molar-refractivity contribution in [2.45, 2.75) is 18.8 Å². The molecule has 1 aliphatic rings. The number of carbonyl (C=O) groups is 1. The van der Waals surface area contributed by atoms with Crippen LogP contribution in [0, 0.1) is 6.92 Å². The minimum absolute atomic E-state index is 0.0765. The average molecular weight is 190 g/mol. The number of hydroxylamine groups is 1. The number of carbonyl (C=O) groups excluding carboxylic acids is 1. The van der Waals surface area contributed by atoms with Gasteiger partial charge >= 0.3 is 0 Å². The zero-order valence-corrected chi connectivity index (χ0v) is 7.82. The van der Waals surface area contributed by atoms with Gasteiger partial charge < -0.3 is 4.84 Å². The first-order valence-electron chi connectivity index (χ1n) is 4.68. The van der Waals surface area contributed by atoms with Gasteiger partial charge in [-0.15, -0.1) is 0 Å². The second-order valence-electron chi connectivity index (χ2n) is 3.30. The number of fused-ring (bicyclic) bond motifs is 1. The van der Waals surface area contributed by atoms with E-state index in [1.807, 2.05) is 24.3 Å². The Hall–Kier alpha value is -1.51. The molecule has 1 atom stereocenters. The molecule has 0 saturated heterocycles. The lowest BCUT2D eigenvalue weighted by molar-refractivity contribution is -0.131. The molecule has 1 unspecified atom stereocenters. The molecule has 1 amide bonds. The van der Waals surface area contributed by atoms with Crippen LogP contribution in [0.3, 0.4) is 0 Å². The van der Waals surface area contributed by atoms with Gasteiger partial charge in [0.1, 0.15) is 0 Å². The summed E-state index contributed by atoms with van der Waals surface area (Å²) in [4.78, 5) is 16.6. The Morgan fingerprint density at radius 1 is 1.43 bits per heavy atom. The number of amides is 1. The SMILES string of the molecule is [CH2]CCC1C(=O)NOc2ccccc21. The van der Waals surface area contributed by atoms with Crippen molar-refractivity contribution in [3.05, 3.63) is 36.8 Å². The van der Waals surface area contributed by atoms with E-state index in [4.69, 9.17) is 4.84 Å². The Balaban J connectivity index is 2.36. The second-order valence-corrected chi connectivity index (χ2v) is 3.30. The van der Waals surface area contributed by atoms with Gasteiger partial charge in [0.05, 0.1) is 5.92 Å². The smallest absolute Gasteiger partial charge is 0.260 e. The second kappa shape index (κ2) is 3.70. The molecule has 1 radical (unpaired) electrons. The van der Waals surface area contributed by atoms with Gasteiger partial charge in [-0.3, -0.25) is 4.79 Å². The Labute approximate surface area is 83.0 Å². The van der Waals surface area contributed by atoms with Crippen LogP contribution in [0.2, 0.25) is 0 Å². The molecule has 73 valence electrons. The van der Waals surface area contributed by atoms with Crippen LogP contribution < -0.4 is 10.3 Å². The molecular formula is C11H12NO2. The van der Waals surface area contributed by atoms with Gasteiger partial charge in [0, 0.05) is 5.56 Å². The summed E-state index contributed by atoms with van der Waals surface area (Å²) in [6.07, 6.45) is 1.50. The van der Waals surface area contributed by atoms with Crippen LogP contribution in [0.4, 0.5) is 0 Å². The number of rotatable bonds is 2. The Morgan fingerprint density at radius 3 is 3.00 bits per heavy atom. The molecule has 3 nitrogen and oxygen atoms in total. The van der Waals surface area contributed by atoms with E-state index in [0.717, 1.165) is 24.2 Å². The highest BCUT2D eigenvalue weighted by Crippen LogP contribution is 2.32. The van der Waals surface area contributed by atoms with Crippen molar-refractivity contribution in [3.63, 3.8) is 0 Å². The maximum Gasteiger partial charge on any atom is 0.260 e. The molecule has 1 N–H and O–H groups in total. The Kier molecular flexibility index (Phi) is 2.39. The zero-order valence-electron chi connectivity index (χ0n) is 7.82. The van der Waals surface area contributed by atoms with Crippen LogP contribution in [0.1, 0.15) is 24.3 Å². The van der Waals surface area contributed by atoms with E-state index in [1.165, 1.54) is 0 Å². The van der Waals surface area contributed by atoms with E-state index >= 15 is 0 Å². The summed E-state index contributed by atoms with van der Waals surface area (Å²) in [5.74, 6) is 0.551. The maximum absolute atomic E-state index is 11.5. The fourth-order valence-corrected chi connectivity index (χ4v) is 1.67. The molecule has 0 saturated carbocycles. The van der Waals surface area contributed by atoms with Gasteiger partial charge in [-0.2, -0.15) is 5.48 Å². The summed E-state index contributed by atoms with van der Waals surface area (Å²) < 4.78 is 0. The van der Waals surface area contributed by atoms with Gasteiger partial charge in [0.15, 0.2) is 5.75 Å². The lowest BCUT2D eigenvalue weighted by Gasteiger charge is -2.24. The third-order valence-corrected chi connectivity index (χ3v) is 2.37. The molecule has 1 heterocycles. The van der Waals surface area contributed by atoms with Gasteiger partial charge in [-0.1, -0.05) is 31.5 Å². The molecule has 14 heavy (non-hydrogen) atoms. The van der Waals surface area contributed by atoms with Crippen LogP contribution in [-0.2, 0) is 4.79 Å². The number of para-hydroxylation sites is 1. The summed E-state index contributed by atoms with van der Waals surface area (Å²) in [6.45, 7) is 3.77. The zero-order chi connectivity index (χ0) is 9.97. The van der Waals surface area contributed by atoms with E-state index < -0.39 is 0 Å². The standard InChI is InChI=1S/C11H12NO2/c1-2-5-9-8-6-3-4-7-10(8)14-12-11(9)13/h3-4,6-7,9H,1-2,5H2,(H,12,13). The first-order valence-corrected chi connectivity index (χ1v) is 4.68. The first-order chi connectivity index (χ1) is 6.83. The summed E-state index contributed by atoms with van der Waals surface area (Å²) >= 11 is 0. The van der Waals surface area contributed by atoms with Gasteiger partial charge in [-0.25, -0.2) is 0 Å². The highest BCUT2D eigenvalue weighted by Gasteiger charge is 2.27. The summed E-state index contributed by atoms with van der Waals surface area (Å²) in [7, 11) is 0. The summed E-state index contributed by atoms with van der Waals surface area (Å²) in [6, 6.07) is 7.58. The predicted molar refractivity (Wildman–Crippen MR) is 52.5 cm³/mol. The first kappa shape index (κ1) is 9.06.